The van der Waals surface area contributed by atoms with Crippen LogP contribution in [0.5, 0.6) is 11.5 Å². The van der Waals surface area contributed by atoms with Crippen molar-refractivity contribution in [3.8, 4) is 11.5 Å². The van der Waals surface area contributed by atoms with Gasteiger partial charge in [0.15, 0.2) is 0 Å². The summed E-state index contributed by atoms with van der Waals surface area (Å²) in [5, 5.41) is 0. The van der Waals surface area contributed by atoms with Gasteiger partial charge in [0.25, 0.3) is 0 Å². The van der Waals surface area contributed by atoms with Crippen LogP contribution in [-0.4, -0.2) is 27.5 Å². The van der Waals surface area contributed by atoms with Crippen LogP contribution in [0.4, 0.5) is 0 Å². The average Bonchev–Trinajstić information content (AvgIpc) is 3.30. The highest BCUT2D eigenvalue weighted by Crippen LogP contribution is 2.20. The second-order valence-corrected chi connectivity index (χ2v) is 5.32. The summed E-state index contributed by atoms with van der Waals surface area (Å²) in [6, 6.07) is 3.74. The summed E-state index contributed by atoms with van der Waals surface area (Å²) in [7, 11) is -1.09. The molecule has 0 fully saturated rings. The molecule has 0 aliphatic carbocycles. The predicted octanol–water partition coefficient (Wildman–Crippen LogP) is 1.69. The molecule has 1 aromatic rings. The molecule has 6 nitrogen and oxygen atoms in total. The van der Waals surface area contributed by atoms with Gasteiger partial charge in [0, 0.05) is 0 Å². The molecule has 24 heavy (non-hydrogen) atoms. The van der Waals surface area contributed by atoms with Gasteiger partial charge in [-0.05, 0) is 25.5 Å². The van der Waals surface area contributed by atoms with Gasteiger partial charge in [-0.25, -0.2) is 0 Å². The smallest absolute Gasteiger partial charge is 0.525 e. The zero-order valence-electron chi connectivity index (χ0n) is 13.9. The van der Waals surface area contributed by atoms with Gasteiger partial charge in [0.2, 0.25) is 0 Å². The molecule has 0 bridgehead atoms. The predicted molar refractivity (Wildman–Crippen MR) is 91.4 cm³/mol. The maximum absolute atomic E-state index is 5.95. The summed E-state index contributed by atoms with van der Waals surface area (Å²) >= 11 is 0. The lowest BCUT2D eigenvalue weighted by Gasteiger charge is -2.18. The van der Waals surface area contributed by atoms with Crippen molar-refractivity contribution < 1.29 is 28.1 Å². The number of ether oxygens (including phenoxy) is 2. The topological polar surface area (TPSA) is 55.4 Å². The first-order valence-corrected chi connectivity index (χ1v) is 8.18. The van der Waals surface area contributed by atoms with Crippen LogP contribution in [0.15, 0.2) is 37.2 Å². The Balaban J connectivity index is 1.93. The second kappa shape index (κ2) is 7.95. The molecule has 2 heterocycles. The number of unbranched alkanes of at least 4 members (excludes halogenated alkanes) is 1. The van der Waals surface area contributed by atoms with Gasteiger partial charge in [0.1, 0.15) is 11.5 Å². The van der Waals surface area contributed by atoms with Crippen molar-refractivity contribution in [3.63, 3.8) is 0 Å². The quantitative estimate of drug-likeness (QED) is 0.534. The van der Waals surface area contributed by atoms with Crippen LogP contribution in [0.2, 0.25) is 0 Å². The van der Waals surface area contributed by atoms with Crippen LogP contribution < -0.4 is 20.4 Å². The van der Waals surface area contributed by atoms with Crippen LogP contribution in [0.1, 0.15) is 26.7 Å². The van der Waals surface area contributed by atoms with Crippen LogP contribution in [0.3, 0.4) is 0 Å². The Hall–Kier alpha value is -2.37. The minimum atomic E-state index is -0.544. The Bertz CT molecular complexity index is 603. The Morgan fingerprint density at radius 3 is 1.75 bits per heavy atom. The van der Waals surface area contributed by atoms with Crippen molar-refractivity contribution in [2.45, 2.75) is 26.7 Å². The molecule has 0 radical (unpaired) electrons. The molecule has 2 aliphatic rings. The lowest BCUT2D eigenvalue weighted by molar-refractivity contribution is 0.307. The summed E-state index contributed by atoms with van der Waals surface area (Å²) in [4.78, 5) is 0. The second-order valence-electron chi connectivity index (χ2n) is 5.32. The van der Waals surface area contributed by atoms with Crippen LogP contribution >= 0.6 is 0 Å². The molecule has 0 saturated heterocycles. The first-order chi connectivity index (χ1) is 11.8. The minimum Gasteiger partial charge on any atom is -0.525 e. The van der Waals surface area contributed by atoms with Gasteiger partial charge >= 0.3 is 14.2 Å². The molecule has 2 aliphatic heterocycles. The third kappa shape index (κ3) is 3.58. The Morgan fingerprint density at radius 2 is 1.29 bits per heavy atom. The first-order valence-electron chi connectivity index (χ1n) is 8.18. The zero-order valence-corrected chi connectivity index (χ0v) is 13.9. The van der Waals surface area contributed by atoms with E-state index in [1.807, 2.05) is 19.1 Å². The van der Waals surface area contributed by atoms with E-state index in [9.17, 15) is 0 Å². The summed E-state index contributed by atoms with van der Waals surface area (Å²) in [5.74, 6) is 1.33. The van der Waals surface area contributed by atoms with Crippen molar-refractivity contribution in [1.82, 2.24) is 0 Å². The highest BCUT2D eigenvalue weighted by atomic mass is 16.6. The molecule has 3 rings (SSSR count). The molecule has 0 amide bonds. The Morgan fingerprint density at radius 1 is 0.792 bits per heavy atom. The summed E-state index contributed by atoms with van der Waals surface area (Å²) in [5.41, 5.74) is 1.54. The maximum atomic E-state index is 5.95. The molecule has 0 aromatic heterocycles. The summed E-state index contributed by atoms with van der Waals surface area (Å²) in [6.45, 7) is 5.18. The van der Waals surface area contributed by atoms with Crippen molar-refractivity contribution in [2.24, 2.45) is 0 Å². The molecule has 0 N–H and O–H groups in total. The summed E-state index contributed by atoms with van der Waals surface area (Å²) in [6.07, 6.45) is 8.07. The molecule has 0 unspecified atom stereocenters. The van der Waals surface area contributed by atoms with Crippen molar-refractivity contribution in [3.05, 3.63) is 37.2 Å². The van der Waals surface area contributed by atoms with Crippen LogP contribution in [0, 0.1) is 0 Å². The fourth-order valence-electron chi connectivity index (χ4n) is 2.46. The average molecular weight is 330 g/mol. The van der Waals surface area contributed by atoms with Crippen LogP contribution in [0.25, 0.3) is 0 Å². The molecule has 8 heteroatoms. The standard InChI is InChI=1S/C16H20B2O6/c1-3-5-6-20-16-12-13(17-21-7-8-22-17)15(19-4-2)11-14(16)18-23-9-10-24-18/h7-12H,3-6H2,1-2H3. The molecule has 126 valence electrons. The van der Waals surface area contributed by atoms with E-state index in [1.165, 1.54) is 25.0 Å². The van der Waals surface area contributed by atoms with Crippen LogP contribution in [-0.2, 0) is 18.6 Å². The van der Waals surface area contributed by atoms with E-state index >= 15 is 0 Å². The van der Waals surface area contributed by atoms with Gasteiger partial charge in [-0.3, -0.25) is 0 Å². The number of hydrogen-bond acceptors (Lipinski definition) is 6. The summed E-state index contributed by atoms with van der Waals surface area (Å²) < 4.78 is 33.6. The number of hydrogen-bond donors (Lipinski definition) is 0. The Labute approximate surface area is 142 Å². The SMILES string of the molecule is CCCCOc1cc(B2OC=CO2)c(OCC)cc1B1OC=CO1. The molecule has 0 atom stereocenters. The van der Waals surface area contributed by atoms with E-state index in [0.717, 1.165) is 23.8 Å². The van der Waals surface area contributed by atoms with E-state index in [0.29, 0.717) is 24.7 Å². The number of rotatable bonds is 8. The Kier molecular flexibility index (Phi) is 5.46. The largest absolute Gasteiger partial charge is 0.635 e. The highest BCUT2D eigenvalue weighted by Gasteiger charge is 2.37. The first kappa shape index (κ1) is 16.5. The zero-order chi connectivity index (χ0) is 16.8. The third-order valence-corrected chi connectivity index (χ3v) is 3.63. The van der Waals surface area contributed by atoms with E-state index in [1.54, 1.807) is 0 Å². The van der Waals surface area contributed by atoms with Crippen molar-refractivity contribution in [1.29, 1.82) is 0 Å². The molecule has 0 spiro atoms. The van der Waals surface area contributed by atoms with E-state index in [4.69, 9.17) is 28.1 Å². The fraction of sp³-hybridized carbons (Fsp3) is 0.375. The van der Waals surface area contributed by atoms with Gasteiger partial charge in [0.05, 0.1) is 49.2 Å². The molecular weight excluding hydrogens is 310 g/mol. The number of benzene rings is 1. The van der Waals surface area contributed by atoms with E-state index < -0.39 is 14.2 Å². The maximum Gasteiger partial charge on any atom is 0.635 e. The fourth-order valence-corrected chi connectivity index (χ4v) is 2.46. The van der Waals surface area contributed by atoms with Gasteiger partial charge < -0.3 is 28.1 Å². The third-order valence-electron chi connectivity index (χ3n) is 3.63. The van der Waals surface area contributed by atoms with E-state index in [-0.39, 0.29) is 0 Å². The minimum absolute atomic E-state index is 0.521. The van der Waals surface area contributed by atoms with Gasteiger partial charge in [-0.1, -0.05) is 13.3 Å². The van der Waals surface area contributed by atoms with Crippen molar-refractivity contribution in [2.75, 3.05) is 13.2 Å². The van der Waals surface area contributed by atoms with Gasteiger partial charge in [-0.2, -0.15) is 0 Å². The molecule has 1 aromatic carbocycles. The van der Waals surface area contributed by atoms with Gasteiger partial charge in [-0.15, -0.1) is 0 Å². The van der Waals surface area contributed by atoms with Crippen molar-refractivity contribution >= 4 is 25.2 Å². The van der Waals surface area contributed by atoms with E-state index in [2.05, 4.69) is 6.92 Å². The monoisotopic (exact) mass is 330 g/mol. The lowest BCUT2D eigenvalue weighted by atomic mass is 9.72. The highest BCUT2D eigenvalue weighted by molar-refractivity contribution is 6.66. The normalized spacial score (nSPS) is 14.9. The molecular formula is C16H20B2O6. The lowest BCUT2D eigenvalue weighted by Crippen LogP contribution is -2.39. The molecule has 0 saturated carbocycles.